The number of aromatic amines is 1. The van der Waals surface area contributed by atoms with Crippen molar-refractivity contribution >= 4 is 22.6 Å². The molecule has 1 aromatic carbocycles. The number of nitrogens with zero attached hydrogens (tertiary/aromatic N) is 2. The molecule has 3 heterocycles. The second-order valence-corrected chi connectivity index (χ2v) is 6.61. The second-order valence-electron chi connectivity index (χ2n) is 6.61. The number of aromatic nitrogens is 2. The minimum absolute atomic E-state index is 0.00577. The first-order valence-electron chi connectivity index (χ1n) is 8.94. The van der Waals surface area contributed by atoms with Crippen molar-refractivity contribution < 1.29 is 4.79 Å². The predicted molar refractivity (Wildman–Crippen MR) is 104 cm³/mol. The quantitative estimate of drug-likeness (QED) is 0.749. The lowest BCUT2D eigenvalue weighted by Gasteiger charge is -2.28. The molecule has 0 aliphatic carbocycles. The van der Waals surface area contributed by atoms with E-state index in [1.807, 2.05) is 54.4 Å². The molecule has 132 valence electrons. The van der Waals surface area contributed by atoms with E-state index in [1.54, 1.807) is 6.20 Å². The fraction of sp³-hybridized carbons (Fsp3) is 0.238. The van der Waals surface area contributed by atoms with E-state index in [9.17, 15) is 4.79 Å². The van der Waals surface area contributed by atoms with E-state index in [4.69, 9.17) is 0 Å². The van der Waals surface area contributed by atoms with Gasteiger partial charge in [0.15, 0.2) is 0 Å². The molecule has 5 nitrogen and oxygen atoms in total. The summed E-state index contributed by atoms with van der Waals surface area (Å²) < 4.78 is 0. The van der Waals surface area contributed by atoms with Gasteiger partial charge in [-0.25, -0.2) is 9.78 Å². The van der Waals surface area contributed by atoms with Crippen LogP contribution in [0, 0.1) is 0 Å². The van der Waals surface area contributed by atoms with Crippen LogP contribution in [0.2, 0.25) is 0 Å². The molecule has 0 saturated heterocycles. The van der Waals surface area contributed by atoms with E-state index in [0.717, 1.165) is 23.0 Å². The number of fused-ring (bicyclic) bond motifs is 1. The number of urea groups is 1. The molecule has 1 aliphatic heterocycles. The summed E-state index contributed by atoms with van der Waals surface area (Å²) in [6.45, 7) is 3.35. The number of hydrogen-bond donors (Lipinski definition) is 2. The van der Waals surface area contributed by atoms with E-state index in [0.29, 0.717) is 13.1 Å². The molecule has 0 fully saturated rings. The van der Waals surface area contributed by atoms with Crippen LogP contribution in [0.4, 0.5) is 4.79 Å². The number of hydrogen-bond acceptors (Lipinski definition) is 2. The molecule has 2 N–H and O–H groups in total. The van der Waals surface area contributed by atoms with Gasteiger partial charge in [-0.05, 0) is 36.6 Å². The number of pyridine rings is 1. The van der Waals surface area contributed by atoms with Crippen molar-refractivity contribution in [2.24, 2.45) is 0 Å². The summed E-state index contributed by atoms with van der Waals surface area (Å²) in [6, 6.07) is 14.0. The van der Waals surface area contributed by atoms with Crippen LogP contribution >= 0.6 is 0 Å². The Hall–Kier alpha value is -3.08. The zero-order chi connectivity index (χ0) is 17.9. The highest BCUT2D eigenvalue weighted by Gasteiger charge is 2.20. The lowest BCUT2D eigenvalue weighted by atomic mass is 10.00. The molecule has 0 spiro atoms. The SMILES string of the molecule is C[C@@H](NC(=O)N1CC=C(c2c[nH]c3ncccc23)CC1)c1ccccc1. The summed E-state index contributed by atoms with van der Waals surface area (Å²) in [5.41, 5.74) is 4.47. The van der Waals surface area contributed by atoms with Crippen LogP contribution in [0.15, 0.2) is 60.9 Å². The highest BCUT2D eigenvalue weighted by molar-refractivity contribution is 5.91. The number of carbonyl (C=O) groups excluding carboxylic acids is 1. The van der Waals surface area contributed by atoms with Crippen LogP contribution in [0.25, 0.3) is 16.6 Å². The molecule has 0 unspecified atom stereocenters. The molecular weight excluding hydrogens is 324 g/mol. The van der Waals surface area contributed by atoms with E-state index >= 15 is 0 Å². The van der Waals surface area contributed by atoms with Gasteiger partial charge in [0.25, 0.3) is 0 Å². The van der Waals surface area contributed by atoms with E-state index in [2.05, 4.69) is 27.4 Å². The Labute approximate surface area is 152 Å². The van der Waals surface area contributed by atoms with Crippen LogP contribution in [0.1, 0.15) is 30.5 Å². The maximum absolute atomic E-state index is 12.6. The number of carbonyl (C=O) groups is 1. The largest absolute Gasteiger partial charge is 0.346 e. The Morgan fingerprint density at radius 2 is 2.08 bits per heavy atom. The lowest BCUT2D eigenvalue weighted by molar-refractivity contribution is 0.200. The monoisotopic (exact) mass is 346 g/mol. The molecule has 0 saturated carbocycles. The average molecular weight is 346 g/mol. The number of nitrogens with one attached hydrogen (secondary N) is 2. The molecule has 0 radical (unpaired) electrons. The van der Waals surface area contributed by atoms with Crippen molar-refractivity contribution in [3.05, 3.63) is 72.1 Å². The minimum atomic E-state index is -0.0164. The smallest absolute Gasteiger partial charge is 0.318 e. The van der Waals surface area contributed by atoms with Gasteiger partial charge in [0.05, 0.1) is 6.04 Å². The Morgan fingerprint density at radius 1 is 1.23 bits per heavy atom. The van der Waals surface area contributed by atoms with Crippen LogP contribution in [0.3, 0.4) is 0 Å². The maximum atomic E-state index is 12.6. The summed E-state index contributed by atoms with van der Waals surface area (Å²) in [4.78, 5) is 22.0. The van der Waals surface area contributed by atoms with Gasteiger partial charge in [-0.15, -0.1) is 0 Å². The number of rotatable bonds is 3. The second kappa shape index (κ2) is 7.04. The number of amides is 2. The molecule has 5 heteroatoms. The maximum Gasteiger partial charge on any atom is 0.318 e. The van der Waals surface area contributed by atoms with Crippen LogP contribution in [-0.4, -0.2) is 34.0 Å². The van der Waals surface area contributed by atoms with Gasteiger partial charge in [0.2, 0.25) is 0 Å². The molecule has 2 amide bonds. The van der Waals surface area contributed by atoms with Crippen molar-refractivity contribution in [3.63, 3.8) is 0 Å². The molecule has 4 rings (SSSR count). The van der Waals surface area contributed by atoms with Crippen LogP contribution < -0.4 is 5.32 Å². The Balaban J connectivity index is 1.43. The molecule has 26 heavy (non-hydrogen) atoms. The predicted octanol–water partition coefficient (Wildman–Crippen LogP) is 4.12. The zero-order valence-corrected chi connectivity index (χ0v) is 14.8. The van der Waals surface area contributed by atoms with Crippen molar-refractivity contribution in [1.82, 2.24) is 20.2 Å². The van der Waals surface area contributed by atoms with Crippen LogP contribution in [-0.2, 0) is 0 Å². The molecular formula is C21H22N4O. The number of benzene rings is 1. The fourth-order valence-electron chi connectivity index (χ4n) is 3.42. The first-order valence-corrected chi connectivity index (χ1v) is 8.94. The van der Waals surface area contributed by atoms with Gasteiger partial charge < -0.3 is 15.2 Å². The van der Waals surface area contributed by atoms with Crippen LogP contribution in [0.5, 0.6) is 0 Å². The van der Waals surface area contributed by atoms with Gasteiger partial charge in [-0.1, -0.05) is 36.4 Å². The van der Waals surface area contributed by atoms with Gasteiger partial charge in [-0.3, -0.25) is 0 Å². The molecule has 2 aromatic heterocycles. The Morgan fingerprint density at radius 3 is 2.85 bits per heavy atom. The van der Waals surface area contributed by atoms with Crippen molar-refractivity contribution in [3.8, 4) is 0 Å². The Kier molecular flexibility index (Phi) is 4.44. The first-order chi connectivity index (χ1) is 12.7. The van der Waals surface area contributed by atoms with Gasteiger partial charge in [-0.2, -0.15) is 0 Å². The normalized spacial score (nSPS) is 15.6. The Bertz CT molecular complexity index is 945. The third-order valence-corrected chi connectivity index (χ3v) is 4.93. The molecule has 1 atom stereocenters. The topological polar surface area (TPSA) is 61.0 Å². The summed E-state index contributed by atoms with van der Waals surface area (Å²) >= 11 is 0. The van der Waals surface area contributed by atoms with Crippen molar-refractivity contribution in [2.45, 2.75) is 19.4 Å². The first kappa shape index (κ1) is 16.4. The van der Waals surface area contributed by atoms with Gasteiger partial charge >= 0.3 is 6.03 Å². The molecule has 1 aliphatic rings. The fourth-order valence-corrected chi connectivity index (χ4v) is 3.42. The third-order valence-electron chi connectivity index (χ3n) is 4.93. The van der Waals surface area contributed by atoms with E-state index in [-0.39, 0.29) is 12.1 Å². The minimum Gasteiger partial charge on any atom is -0.346 e. The molecule has 0 bridgehead atoms. The molecule has 3 aromatic rings. The van der Waals surface area contributed by atoms with Crippen molar-refractivity contribution in [2.75, 3.05) is 13.1 Å². The van der Waals surface area contributed by atoms with Gasteiger partial charge in [0, 0.05) is 36.4 Å². The van der Waals surface area contributed by atoms with E-state index < -0.39 is 0 Å². The van der Waals surface area contributed by atoms with E-state index in [1.165, 1.54) is 11.1 Å². The summed E-state index contributed by atoms with van der Waals surface area (Å²) in [5, 5.41) is 4.22. The summed E-state index contributed by atoms with van der Waals surface area (Å²) in [7, 11) is 0. The standard InChI is InChI=1S/C21H22N4O/c1-15(16-6-3-2-4-7-16)24-21(26)25-12-9-17(10-13-25)19-14-23-20-18(19)8-5-11-22-20/h2-9,11,14-15H,10,12-13H2,1H3,(H,22,23)(H,24,26)/t15-/m1/s1. The number of H-pyrrole nitrogens is 1. The highest BCUT2D eigenvalue weighted by Crippen LogP contribution is 2.28. The third kappa shape index (κ3) is 3.20. The lowest BCUT2D eigenvalue weighted by Crippen LogP contribution is -2.43. The van der Waals surface area contributed by atoms with Crippen molar-refractivity contribution in [1.29, 1.82) is 0 Å². The highest BCUT2D eigenvalue weighted by atomic mass is 16.2. The summed E-state index contributed by atoms with van der Waals surface area (Å²) in [5.74, 6) is 0. The summed E-state index contributed by atoms with van der Waals surface area (Å²) in [6.07, 6.45) is 6.79. The zero-order valence-electron chi connectivity index (χ0n) is 14.8. The average Bonchev–Trinajstić information content (AvgIpc) is 3.13. The van der Waals surface area contributed by atoms with Gasteiger partial charge in [0.1, 0.15) is 5.65 Å².